The molecule has 0 spiro atoms. The Morgan fingerprint density at radius 2 is 2.00 bits per heavy atom. The third-order valence-corrected chi connectivity index (χ3v) is 4.91. The maximum absolute atomic E-state index is 12.6. The molecule has 2 rings (SSSR count). The molecule has 1 aliphatic heterocycles. The van der Waals surface area contributed by atoms with Crippen molar-refractivity contribution in [3.8, 4) is 0 Å². The number of hydrogen-bond acceptors (Lipinski definition) is 2. The lowest BCUT2D eigenvalue weighted by molar-refractivity contribution is 0.0107. The van der Waals surface area contributed by atoms with E-state index < -0.39 is 0 Å². The minimum atomic E-state index is 0.0897. The van der Waals surface area contributed by atoms with E-state index >= 15 is 0 Å². The van der Waals surface area contributed by atoms with Gasteiger partial charge in [-0.1, -0.05) is 31.5 Å². The molecule has 0 N–H and O–H groups in total. The Hall–Kier alpha value is -1.06. The van der Waals surface area contributed by atoms with Crippen LogP contribution in [0.2, 0.25) is 5.02 Å². The van der Waals surface area contributed by atoms with E-state index in [0.717, 1.165) is 32.5 Å². The smallest absolute Gasteiger partial charge is 0.254 e. The number of likely N-dealkylation sites (N-methyl/N-ethyl adjacent to an activating group) is 1. The summed E-state index contributed by atoms with van der Waals surface area (Å²) in [6.45, 7) is 6.90. The summed E-state index contributed by atoms with van der Waals surface area (Å²) in [6.07, 6.45) is 2.11. The molecule has 4 heteroatoms. The maximum atomic E-state index is 12.6. The Bertz CT molecular complexity index is 485. The Morgan fingerprint density at radius 1 is 1.30 bits per heavy atom. The van der Waals surface area contributed by atoms with Gasteiger partial charge in [-0.3, -0.25) is 9.69 Å². The van der Waals surface area contributed by atoms with E-state index in [9.17, 15) is 4.79 Å². The lowest BCUT2D eigenvalue weighted by atomic mass is 9.88. The summed E-state index contributed by atoms with van der Waals surface area (Å²) in [5.74, 6) is 0.0897. The van der Waals surface area contributed by atoms with Crippen LogP contribution in [0.5, 0.6) is 0 Å². The number of hydrogen-bond donors (Lipinski definition) is 0. The largest absolute Gasteiger partial charge is 0.336 e. The average molecular weight is 295 g/mol. The highest BCUT2D eigenvalue weighted by Crippen LogP contribution is 2.28. The van der Waals surface area contributed by atoms with Gasteiger partial charge in [-0.2, -0.15) is 0 Å². The highest BCUT2D eigenvalue weighted by Gasteiger charge is 2.38. The number of piperazine rings is 1. The first-order valence-electron chi connectivity index (χ1n) is 7.28. The van der Waals surface area contributed by atoms with Gasteiger partial charge in [-0.05, 0) is 38.1 Å². The van der Waals surface area contributed by atoms with Gasteiger partial charge in [0.15, 0.2) is 0 Å². The standard InChI is InChI=1S/C16H23ClN2O/c1-4-16(5-2)12-19(10-9-18(16)3)15(20)13-7-6-8-14(17)11-13/h6-8,11H,4-5,9-10,12H2,1-3H3. The van der Waals surface area contributed by atoms with Crippen molar-refractivity contribution in [1.29, 1.82) is 0 Å². The van der Waals surface area contributed by atoms with Crippen LogP contribution in [-0.2, 0) is 0 Å². The molecule has 1 aromatic rings. The van der Waals surface area contributed by atoms with Gasteiger partial charge in [0.05, 0.1) is 0 Å². The molecule has 1 saturated heterocycles. The second kappa shape index (κ2) is 6.15. The molecular formula is C16H23ClN2O. The van der Waals surface area contributed by atoms with Crippen molar-refractivity contribution in [2.24, 2.45) is 0 Å². The Balaban J connectivity index is 2.19. The van der Waals surface area contributed by atoms with Gasteiger partial charge < -0.3 is 4.90 Å². The second-order valence-electron chi connectivity index (χ2n) is 5.59. The van der Waals surface area contributed by atoms with E-state index in [-0.39, 0.29) is 11.4 Å². The summed E-state index contributed by atoms with van der Waals surface area (Å²) >= 11 is 5.98. The van der Waals surface area contributed by atoms with Crippen molar-refractivity contribution in [2.45, 2.75) is 32.2 Å². The van der Waals surface area contributed by atoms with Crippen LogP contribution in [0.25, 0.3) is 0 Å². The predicted molar refractivity (Wildman–Crippen MR) is 83.3 cm³/mol. The van der Waals surface area contributed by atoms with E-state index in [2.05, 4.69) is 25.8 Å². The van der Waals surface area contributed by atoms with Crippen LogP contribution in [0.4, 0.5) is 0 Å². The first-order valence-corrected chi connectivity index (χ1v) is 7.66. The fourth-order valence-corrected chi connectivity index (χ4v) is 3.24. The number of amides is 1. The zero-order chi connectivity index (χ0) is 14.8. The van der Waals surface area contributed by atoms with Crippen molar-refractivity contribution < 1.29 is 4.79 Å². The van der Waals surface area contributed by atoms with Crippen LogP contribution in [0, 0.1) is 0 Å². The van der Waals surface area contributed by atoms with Gasteiger partial charge in [0.25, 0.3) is 5.91 Å². The molecule has 3 nitrogen and oxygen atoms in total. The summed E-state index contributed by atoms with van der Waals surface area (Å²) in [6, 6.07) is 7.22. The number of carbonyl (C=O) groups is 1. The van der Waals surface area contributed by atoms with Crippen molar-refractivity contribution >= 4 is 17.5 Å². The highest BCUT2D eigenvalue weighted by molar-refractivity contribution is 6.30. The van der Waals surface area contributed by atoms with Crippen LogP contribution in [-0.4, -0.2) is 47.9 Å². The van der Waals surface area contributed by atoms with Crippen LogP contribution in [0.3, 0.4) is 0 Å². The number of rotatable bonds is 3. The van der Waals surface area contributed by atoms with E-state index in [1.165, 1.54) is 0 Å². The molecule has 0 unspecified atom stereocenters. The van der Waals surface area contributed by atoms with Crippen molar-refractivity contribution in [2.75, 3.05) is 26.7 Å². The lowest BCUT2D eigenvalue weighted by Crippen LogP contribution is -2.61. The Kier molecular flexibility index (Phi) is 4.71. The quantitative estimate of drug-likeness (QED) is 0.854. The summed E-state index contributed by atoms with van der Waals surface area (Å²) in [4.78, 5) is 17.0. The predicted octanol–water partition coefficient (Wildman–Crippen LogP) is 3.29. The summed E-state index contributed by atoms with van der Waals surface area (Å²) < 4.78 is 0. The van der Waals surface area contributed by atoms with E-state index in [0.29, 0.717) is 10.6 Å². The number of nitrogens with zero attached hydrogens (tertiary/aromatic N) is 2. The molecule has 20 heavy (non-hydrogen) atoms. The number of halogens is 1. The molecule has 1 amide bonds. The average Bonchev–Trinajstić information content (AvgIpc) is 2.47. The van der Waals surface area contributed by atoms with Gasteiger partial charge >= 0.3 is 0 Å². The molecule has 1 fully saturated rings. The normalized spacial score (nSPS) is 19.1. The maximum Gasteiger partial charge on any atom is 0.254 e. The molecule has 1 heterocycles. The molecule has 0 aromatic heterocycles. The third kappa shape index (κ3) is 2.84. The first-order chi connectivity index (χ1) is 9.52. The topological polar surface area (TPSA) is 23.6 Å². The van der Waals surface area contributed by atoms with Gasteiger partial charge in [0.2, 0.25) is 0 Å². The molecule has 110 valence electrons. The second-order valence-corrected chi connectivity index (χ2v) is 6.03. The fourth-order valence-electron chi connectivity index (χ4n) is 3.05. The van der Waals surface area contributed by atoms with Gasteiger partial charge in [0, 0.05) is 35.8 Å². The molecule has 0 atom stereocenters. The molecule has 0 aliphatic carbocycles. The van der Waals surface area contributed by atoms with Crippen molar-refractivity contribution in [3.63, 3.8) is 0 Å². The minimum Gasteiger partial charge on any atom is -0.336 e. The van der Waals surface area contributed by atoms with Crippen LogP contribution < -0.4 is 0 Å². The van der Waals surface area contributed by atoms with Crippen LogP contribution >= 0.6 is 11.6 Å². The zero-order valence-corrected chi connectivity index (χ0v) is 13.3. The Morgan fingerprint density at radius 3 is 2.60 bits per heavy atom. The SMILES string of the molecule is CCC1(CC)CN(C(=O)c2cccc(Cl)c2)CCN1C. The highest BCUT2D eigenvalue weighted by atomic mass is 35.5. The van der Waals surface area contributed by atoms with Crippen LogP contribution in [0.1, 0.15) is 37.0 Å². The third-order valence-electron chi connectivity index (χ3n) is 4.68. The summed E-state index contributed by atoms with van der Waals surface area (Å²) in [7, 11) is 2.16. The van der Waals surface area contributed by atoms with Crippen molar-refractivity contribution in [1.82, 2.24) is 9.80 Å². The Labute approximate surface area is 126 Å². The van der Waals surface area contributed by atoms with Crippen LogP contribution in [0.15, 0.2) is 24.3 Å². The summed E-state index contributed by atoms with van der Waals surface area (Å²) in [5.41, 5.74) is 0.787. The molecule has 1 aliphatic rings. The van der Waals surface area contributed by atoms with Crippen molar-refractivity contribution in [3.05, 3.63) is 34.9 Å². The molecule has 0 radical (unpaired) electrons. The number of benzene rings is 1. The van der Waals surface area contributed by atoms with E-state index in [4.69, 9.17) is 11.6 Å². The lowest BCUT2D eigenvalue weighted by Gasteiger charge is -2.49. The molecular weight excluding hydrogens is 272 g/mol. The molecule has 0 saturated carbocycles. The van der Waals surface area contributed by atoms with Gasteiger partial charge in [-0.15, -0.1) is 0 Å². The number of carbonyl (C=O) groups excluding carboxylic acids is 1. The molecule has 1 aromatic carbocycles. The minimum absolute atomic E-state index is 0.0897. The van der Waals surface area contributed by atoms with Gasteiger partial charge in [-0.25, -0.2) is 0 Å². The summed E-state index contributed by atoms with van der Waals surface area (Å²) in [5, 5.41) is 0.613. The fraction of sp³-hybridized carbons (Fsp3) is 0.562. The van der Waals surface area contributed by atoms with E-state index in [1.54, 1.807) is 12.1 Å². The monoisotopic (exact) mass is 294 g/mol. The first kappa shape index (κ1) is 15.3. The molecule has 0 bridgehead atoms. The zero-order valence-electron chi connectivity index (χ0n) is 12.5. The van der Waals surface area contributed by atoms with Gasteiger partial charge in [0.1, 0.15) is 0 Å². The van der Waals surface area contributed by atoms with E-state index in [1.807, 2.05) is 17.0 Å².